The minimum absolute atomic E-state index is 0.0682. The zero-order chi connectivity index (χ0) is 23.3. The lowest BCUT2D eigenvalue weighted by molar-refractivity contribution is 0.222. The van der Waals surface area contributed by atoms with Gasteiger partial charge in [-0.05, 0) is 54.8 Å². The highest BCUT2D eigenvalue weighted by Crippen LogP contribution is 2.20. The molecule has 0 saturated carbocycles. The van der Waals surface area contributed by atoms with Gasteiger partial charge in [0.1, 0.15) is 5.82 Å². The molecule has 33 heavy (non-hydrogen) atoms. The van der Waals surface area contributed by atoms with Crippen molar-refractivity contribution in [2.75, 3.05) is 29.0 Å². The van der Waals surface area contributed by atoms with Gasteiger partial charge >= 0.3 is 6.03 Å². The minimum atomic E-state index is -3.71. The second-order valence-electron chi connectivity index (χ2n) is 7.64. The van der Waals surface area contributed by atoms with Crippen molar-refractivity contribution in [3.63, 3.8) is 0 Å². The largest absolute Gasteiger partial charge is 0.366 e. The molecule has 4 rings (SSSR count). The van der Waals surface area contributed by atoms with Crippen LogP contribution in [0.25, 0.3) is 0 Å². The summed E-state index contributed by atoms with van der Waals surface area (Å²) in [5, 5.41) is 14.4. The van der Waals surface area contributed by atoms with Crippen LogP contribution in [0.2, 0.25) is 0 Å². The van der Waals surface area contributed by atoms with E-state index in [1.54, 1.807) is 29.3 Å². The number of sulfonamides is 1. The molecular weight excluding hydrogens is 442 g/mol. The summed E-state index contributed by atoms with van der Waals surface area (Å²) in [6.45, 7) is 2.01. The van der Waals surface area contributed by atoms with Gasteiger partial charge in [0.2, 0.25) is 16.0 Å². The van der Waals surface area contributed by atoms with Crippen LogP contribution in [0.4, 0.5) is 27.9 Å². The van der Waals surface area contributed by atoms with Gasteiger partial charge in [0.25, 0.3) is 0 Å². The summed E-state index contributed by atoms with van der Waals surface area (Å²) in [5.41, 5.74) is 2.30. The van der Waals surface area contributed by atoms with Crippen LogP contribution >= 0.6 is 0 Å². The van der Waals surface area contributed by atoms with Crippen molar-refractivity contribution in [3.05, 3.63) is 66.4 Å². The molecule has 1 aliphatic rings. The second kappa shape index (κ2) is 9.84. The first-order chi connectivity index (χ1) is 15.9. The number of carbonyl (C=O) groups excluding carboxylic acids is 1. The fourth-order valence-corrected chi connectivity index (χ4v) is 3.95. The van der Waals surface area contributed by atoms with Gasteiger partial charge in [0.05, 0.1) is 4.90 Å². The number of likely N-dealkylation sites (tertiary alicyclic amines) is 1. The topological polar surface area (TPSA) is 142 Å². The summed E-state index contributed by atoms with van der Waals surface area (Å²) in [5.74, 6) is 0.995. The molecule has 2 aromatic carbocycles. The average Bonchev–Trinajstić information content (AvgIpc) is 3.33. The standard InChI is InChI=1S/C22H25N7O3S/c23-33(31,32)19-8-6-16(7-9-19)15-25-20-10-11-24-21(28-20)26-17-4-3-5-18(14-17)27-22(30)29-12-1-2-13-29/h3-11,14H,1-2,12-13,15H2,(H,27,30)(H2,23,31,32)(H2,24,25,26,28). The van der Waals surface area contributed by atoms with E-state index in [-0.39, 0.29) is 10.9 Å². The Morgan fingerprint density at radius 3 is 2.48 bits per heavy atom. The van der Waals surface area contributed by atoms with Crippen LogP contribution in [-0.4, -0.2) is 42.4 Å². The molecule has 3 aromatic rings. The molecule has 0 bridgehead atoms. The quantitative estimate of drug-likeness (QED) is 0.418. The normalized spacial score (nSPS) is 13.5. The molecule has 0 unspecified atom stereocenters. The summed E-state index contributed by atoms with van der Waals surface area (Å²) >= 11 is 0. The monoisotopic (exact) mass is 467 g/mol. The Morgan fingerprint density at radius 1 is 1.03 bits per heavy atom. The van der Waals surface area contributed by atoms with Crippen LogP contribution in [0, 0.1) is 0 Å². The van der Waals surface area contributed by atoms with Crippen molar-refractivity contribution in [1.82, 2.24) is 14.9 Å². The molecule has 2 amide bonds. The summed E-state index contributed by atoms with van der Waals surface area (Å²) in [7, 11) is -3.71. The van der Waals surface area contributed by atoms with E-state index in [9.17, 15) is 13.2 Å². The Bertz CT molecular complexity index is 1230. The van der Waals surface area contributed by atoms with Crippen LogP contribution in [-0.2, 0) is 16.6 Å². The number of aromatic nitrogens is 2. The molecule has 1 aromatic heterocycles. The highest BCUT2D eigenvalue weighted by molar-refractivity contribution is 7.89. The number of anilines is 4. The van der Waals surface area contributed by atoms with Crippen LogP contribution in [0.15, 0.2) is 65.7 Å². The molecule has 0 aliphatic carbocycles. The van der Waals surface area contributed by atoms with E-state index in [2.05, 4.69) is 25.9 Å². The fraction of sp³-hybridized carbons (Fsp3) is 0.227. The van der Waals surface area contributed by atoms with Crippen LogP contribution in [0.5, 0.6) is 0 Å². The highest BCUT2D eigenvalue weighted by Gasteiger charge is 2.17. The lowest BCUT2D eigenvalue weighted by atomic mass is 10.2. The van der Waals surface area contributed by atoms with Crippen molar-refractivity contribution in [2.45, 2.75) is 24.3 Å². The van der Waals surface area contributed by atoms with Crippen LogP contribution < -0.4 is 21.1 Å². The number of rotatable bonds is 7. The molecule has 0 spiro atoms. The van der Waals surface area contributed by atoms with E-state index < -0.39 is 10.0 Å². The van der Waals surface area contributed by atoms with Gasteiger partial charge in [-0.1, -0.05) is 18.2 Å². The van der Waals surface area contributed by atoms with Gasteiger partial charge < -0.3 is 20.9 Å². The Kier molecular flexibility index (Phi) is 6.71. The zero-order valence-electron chi connectivity index (χ0n) is 17.9. The first-order valence-electron chi connectivity index (χ1n) is 10.5. The van der Waals surface area contributed by atoms with E-state index in [1.807, 2.05) is 24.3 Å². The van der Waals surface area contributed by atoms with E-state index in [0.717, 1.165) is 37.2 Å². The first kappa shape index (κ1) is 22.5. The lowest BCUT2D eigenvalue weighted by Gasteiger charge is -2.16. The molecule has 10 nitrogen and oxygen atoms in total. The summed E-state index contributed by atoms with van der Waals surface area (Å²) in [6.07, 6.45) is 3.70. The number of amides is 2. The average molecular weight is 468 g/mol. The summed E-state index contributed by atoms with van der Waals surface area (Å²) in [6, 6.07) is 15.3. The van der Waals surface area contributed by atoms with E-state index in [0.29, 0.717) is 24.0 Å². The minimum Gasteiger partial charge on any atom is -0.366 e. The molecule has 0 atom stereocenters. The third-order valence-electron chi connectivity index (χ3n) is 5.14. The number of urea groups is 1. The molecular formula is C22H25N7O3S. The Morgan fingerprint density at radius 2 is 1.76 bits per heavy atom. The number of carbonyl (C=O) groups is 1. The number of benzene rings is 2. The van der Waals surface area contributed by atoms with Gasteiger partial charge in [-0.15, -0.1) is 0 Å². The lowest BCUT2D eigenvalue weighted by Crippen LogP contribution is -2.32. The SMILES string of the molecule is NS(=O)(=O)c1ccc(CNc2ccnc(Nc3cccc(NC(=O)N4CCCC4)c3)n2)cc1. The molecule has 1 fully saturated rings. The molecule has 1 aliphatic heterocycles. The Labute approximate surface area is 192 Å². The maximum atomic E-state index is 12.3. The molecule has 5 N–H and O–H groups in total. The van der Waals surface area contributed by atoms with Crippen molar-refractivity contribution in [3.8, 4) is 0 Å². The second-order valence-corrected chi connectivity index (χ2v) is 9.20. The maximum Gasteiger partial charge on any atom is 0.321 e. The third-order valence-corrected chi connectivity index (χ3v) is 6.07. The number of nitrogens with two attached hydrogens (primary N) is 1. The summed E-state index contributed by atoms with van der Waals surface area (Å²) < 4.78 is 22.7. The van der Waals surface area contributed by atoms with E-state index in [4.69, 9.17) is 5.14 Å². The Balaban J connectivity index is 1.36. The third kappa shape index (κ3) is 6.18. The van der Waals surface area contributed by atoms with Gasteiger partial charge in [0.15, 0.2) is 0 Å². The van der Waals surface area contributed by atoms with Crippen molar-refractivity contribution in [1.29, 1.82) is 0 Å². The van der Waals surface area contributed by atoms with Gasteiger partial charge in [0, 0.05) is 37.2 Å². The van der Waals surface area contributed by atoms with Gasteiger partial charge in [-0.25, -0.2) is 23.3 Å². The number of nitrogens with one attached hydrogen (secondary N) is 3. The number of hydrogen-bond acceptors (Lipinski definition) is 7. The van der Waals surface area contributed by atoms with Crippen molar-refractivity contribution < 1.29 is 13.2 Å². The molecule has 0 radical (unpaired) electrons. The van der Waals surface area contributed by atoms with E-state index >= 15 is 0 Å². The smallest absolute Gasteiger partial charge is 0.321 e. The number of primary sulfonamides is 1. The van der Waals surface area contributed by atoms with Crippen molar-refractivity contribution in [2.24, 2.45) is 5.14 Å². The van der Waals surface area contributed by atoms with Gasteiger partial charge in [-0.3, -0.25) is 0 Å². The van der Waals surface area contributed by atoms with Crippen LogP contribution in [0.1, 0.15) is 18.4 Å². The highest BCUT2D eigenvalue weighted by atomic mass is 32.2. The first-order valence-corrected chi connectivity index (χ1v) is 12.0. The maximum absolute atomic E-state index is 12.3. The predicted molar refractivity (Wildman–Crippen MR) is 127 cm³/mol. The molecule has 172 valence electrons. The van der Waals surface area contributed by atoms with Gasteiger partial charge in [-0.2, -0.15) is 4.98 Å². The fourth-order valence-electron chi connectivity index (χ4n) is 3.43. The number of nitrogens with zero attached hydrogens (tertiary/aromatic N) is 3. The summed E-state index contributed by atoms with van der Waals surface area (Å²) in [4.78, 5) is 22.9. The molecule has 2 heterocycles. The zero-order valence-corrected chi connectivity index (χ0v) is 18.7. The van der Waals surface area contributed by atoms with E-state index in [1.165, 1.54) is 12.1 Å². The predicted octanol–water partition coefficient (Wildman–Crippen LogP) is 3.11. The van der Waals surface area contributed by atoms with Crippen molar-refractivity contribution >= 4 is 39.2 Å². The van der Waals surface area contributed by atoms with Crippen LogP contribution in [0.3, 0.4) is 0 Å². The molecule has 11 heteroatoms. The number of hydrogen-bond donors (Lipinski definition) is 4. The Hall–Kier alpha value is -3.70. The molecule has 1 saturated heterocycles.